The van der Waals surface area contributed by atoms with Gasteiger partial charge in [-0.15, -0.1) is 0 Å². The van der Waals surface area contributed by atoms with Crippen molar-refractivity contribution >= 4 is 11.9 Å². The van der Waals surface area contributed by atoms with Crippen LogP contribution in [0.25, 0.3) is 0 Å². The zero-order valence-electron chi connectivity index (χ0n) is 10.1. The number of carbonyl (C=O) groups excluding carboxylic acids is 1. The number of hydrogen-bond donors (Lipinski definition) is 2. The number of nitrogens with two attached hydrogens (primary N) is 1. The van der Waals surface area contributed by atoms with Gasteiger partial charge in [0.25, 0.3) is 0 Å². The molecule has 0 atom stereocenters. The Kier molecular flexibility index (Phi) is 5.74. The minimum absolute atomic E-state index is 0.0178. The predicted octanol–water partition coefficient (Wildman–Crippen LogP) is 1.09. The topological polar surface area (TPSA) is 73.4 Å². The lowest BCUT2D eigenvalue weighted by molar-refractivity contribution is 0.152. The molecule has 15 heavy (non-hydrogen) atoms. The van der Waals surface area contributed by atoms with E-state index in [9.17, 15) is 4.79 Å². The fourth-order valence-electron chi connectivity index (χ4n) is 1.33. The van der Waals surface area contributed by atoms with Gasteiger partial charge < -0.3 is 15.5 Å². The molecule has 0 aromatic rings. The molecular weight excluding hydrogens is 192 g/mol. The van der Waals surface area contributed by atoms with Gasteiger partial charge in [0, 0.05) is 19.1 Å². The number of urea groups is 1. The zero-order valence-corrected chi connectivity index (χ0v) is 10.1. The van der Waals surface area contributed by atoms with Gasteiger partial charge in [0.2, 0.25) is 0 Å². The van der Waals surface area contributed by atoms with Gasteiger partial charge in [-0.3, -0.25) is 5.41 Å². The molecule has 88 valence electrons. The van der Waals surface area contributed by atoms with Gasteiger partial charge >= 0.3 is 6.03 Å². The molecule has 0 aromatic carbocycles. The highest BCUT2D eigenvalue weighted by Crippen LogP contribution is 2.04. The number of rotatable bonds is 5. The SMILES string of the molecule is CCN(CC)C(=O)N(CC(=N)N)C(C)C. The van der Waals surface area contributed by atoms with Crippen LogP contribution in [0.15, 0.2) is 0 Å². The van der Waals surface area contributed by atoms with Crippen LogP contribution in [0.3, 0.4) is 0 Å². The Morgan fingerprint density at radius 2 is 1.80 bits per heavy atom. The third-order valence-corrected chi connectivity index (χ3v) is 2.24. The van der Waals surface area contributed by atoms with E-state index >= 15 is 0 Å². The summed E-state index contributed by atoms with van der Waals surface area (Å²) >= 11 is 0. The summed E-state index contributed by atoms with van der Waals surface area (Å²) < 4.78 is 0. The molecule has 0 radical (unpaired) electrons. The first kappa shape index (κ1) is 13.7. The van der Waals surface area contributed by atoms with Crippen molar-refractivity contribution in [3.8, 4) is 0 Å². The Morgan fingerprint density at radius 1 is 1.33 bits per heavy atom. The third-order valence-electron chi connectivity index (χ3n) is 2.24. The van der Waals surface area contributed by atoms with Crippen molar-refractivity contribution in [2.75, 3.05) is 19.6 Å². The van der Waals surface area contributed by atoms with Gasteiger partial charge in [0.15, 0.2) is 0 Å². The van der Waals surface area contributed by atoms with Crippen molar-refractivity contribution in [1.29, 1.82) is 5.41 Å². The largest absolute Gasteiger partial charge is 0.386 e. The summed E-state index contributed by atoms with van der Waals surface area (Å²) in [6.07, 6.45) is 0. The normalized spacial score (nSPS) is 10.2. The number of carbonyl (C=O) groups is 1. The highest BCUT2D eigenvalue weighted by Gasteiger charge is 2.21. The van der Waals surface area contributed by atoms with E-state index in [1.54, 1.807) is 9.80 Å². The van der Waals surface area contributed by atoms with Gasteiger partial charge in [-0.2, -0.15) is 0 Å². The average molecular weight is 214 g/mol. The maximum atomic E-state index is 12.0. The second-order valence-electron chi connectivity index (χ2n) is 3.70. The molecule has 0 aliphatic carbocycles. The molecule has 0 bridgehead atoms. The molecule has 0 fully saturated rings. The molecule has 0 heterocycles. The van der Waals surface area contributed by atoms with Crippen LogP contribution in [0.2, 0.25) is 0 Å². The van der Waals surface area contributed by atoms with Gasteiger partial charge in [0.1, 0.15) is 5.84 Å². The second kappa shape index (κ2) is 6.27. The zero-order chi connectivity index (χ0) is 12.0. The molecule has 0 saturated carbocycles. The van der Waals surface area contributed by atoms with Crippen LogP contribution in [-0.2, 0) is 0 Å². The van der Waals surface area contributed by atoms with E-state index in [4.69, 9.17) is 11.1 Å². The van der Waals surface area contributed by atoms with Crippen molar-refractivity contribution in [2.45, 2.75) is 33.7 Å². The lowest BCUT2D eigenvalue weighted by Crippen LogP contribution is -2.49. The van der Waals surface area contributed by atoms with Gasteiger partial charge in [-0.1, -0.05) is 0 Å². The van der Waals surface area contributed by atoms with E-state index in [1.807, 2.05) is 27.7 Å². The molecule has 0 saturated heterocycles. The number of nitrogens with one attached hydrogen (secondary N) is 1. The Hall–Kier alpha value is -1.26. The molecule has 5 nitrogen and oxygen atoms in total. The molecule has 0 unspecified atom stereocenters. The van der Waals surface area contributed by atoms with Crippen LogP contribution in [0.1, 0.15) is 27.7 Å². The number of nitrogens with zero attached hydrogens (tertiary/aromatic N) is 2. The number of amidine groups is 1. The van der Waals surface area contributed by atoms with Crippen LogP contribution in [0.5, 0.6) is 0 Å². The van der Waals surface area contributed by atoms with Crippen LogP contribution >= 0.6 is 0 Å². The first-order chi connectivity index (χ1) is 6.93. The molecule has 5 heteroatoms. The minimum Gasteiger partial charge on any atom is -0.386 e. The summed E-state index contributed by atoms with van der Waals surface area (Å²) in [5.41, 5.74) is 5.32. The minimum atomic E-state index is -0.0507. The summed E-state index contributed by atoms with van der Waals surface area (Å²) in [7, 11) is 0. The standard InChI is InChI=1S/C10H22N4O/c1-5-13(6-2)10(15)14(8(3)4)7-9(11)12/h8H,5-7H2,1-4H3,(H3,11,12). The first-order valence-electron chi connectivity index (χ1n) is 5.32. The molecular formula is C10H22N4O. The molecule has 0 aromatic heterocycles. The summed E-state index contributed by atoms with van der Waals surface area (Å²) in [6.45, 7) is 9.27. The van der Waals surface area contributed by atoms with E-state index < -0.39 is 0 Å². The van der Waals surface area contributed by atoms with Crippen LogP contribution in [0.4, 0.5) is 4.79 Å². The fraction of sp³-hybridized carbons (Fsp3) is 0.800. The Labute approximate surface area is 91.7 Å². The number of amides is 2. The van der Waals surface area contributed by atoms with Crippen LogP contribution < -0.4 is 5.73 Å². The quantitative estimate of drug-likeness (QED) is 0.531. The summed E-state index contributed by atoms with van der Waals surface area (Å²) in [5.74, 6) is 0.0178. The van der Waals surface area contributed by atoms with Gasteiger partial charge in [-0.25, -0.2) is 4.79 Å². The first-order valence-corrected chi connectivity index (χ1v) is 5.32. The maximum absolute atomic E-state index is 12.0. The lowest BCUT2D eigenvalue weighted by atomic mass is 10.3. The monoisotopic (exact) mass is 214 g/mol. The Balaban J connectivity index is 4.60. The van der Waals surface area contributed by atoms with Crippen LogP contribution in [-0.4, -0.2) is 47.3 Å². The molecule has 0 spiro atoms. The van der Waals surface area contributed by atoms with E-state index in [-0.39, 0.29) is 24.5 Å². The highest BCUT2D eigenvalue weighted by molar-refractivity contribution is 5.84. The molecule has 0 rings (SSSR count). The van der Waals surface area contributed by atoms with Gasteiger partial charge in [0.05, 0.1) is 6.54 Å². The molecule has 3 N–H and O–H groups in total. The molecule has 0 aliphatic rings. The third kappa shape index (κ3) is 4.18. The van der Waals surface area contributed by atoms with Crippen molar-refractivity contribution in [3.05, 3.63) is 0 Å². The van der Waals surface area contributed by atoms with E-state index in [1.165, 1.54) is 0 Å². The highest BCUT2D eigenvalue weighted by atomic mass is 16.2. The number of hydrogen-bond acceptors (Lipinski definition) is 2. The molecule has 0 aliphatic heterocycles. The average Bonchev–Trinajstić information content (AvgIpc) is 2.15. The Bertz CT molecular complexity index is 223. The van der Waals surface area contributed by atoms with Crippen molar-refractivity contribution in [3.63, 3.8) is 0 Å². The summed E-state index contributed by atoms with van der Waals surface area (Å²) in [5, 5.41) is 7.23. The van der Waals surface area contributed by atoms with Crippen molar-refractivity contribution in [1.82, 2.24) is 9.80 Å². The second-order valence-corrected chi connectivity index (χ2v) is 3.70. The molecule has 2 amide bonds. The Morgan fingerprint density at radius 3 is 2.07 bits per heavy atom. The fourth-order valence-corrected chi connectivity index (χ4v) is 1.33. The van der Waals surface area contributed by atoms with E-state index in [0.29, 0.717) is 13.1 Å². The van der Waals surface area contributed by atoms with Crippen molar-refractivity contribution < 1.29 is 4.79 Å². The van der Waals surface area contributed by atoms with Crippen molar-refractivity contribution in [2.24, 2.45) is 5.73 Å². The lowest BCUT2D eigenvalue weighted by Gasteiger charge is -2.31. The smallest absolute Gasteiger partial charge is 0.320 e. The summed E-state index contributed by atoms with van der Waals surface area (Å²) in [6, 6.07) is 0.00667. The van der Waals surface area contributed by atoms with E-state index in [0.717, 1.165) is 0 Å². The van der Waals surface area contributed by atoms with E-state index in [2.05, 4.69) is 0 Å². The van der Waals surface area contributed by atoms with Crippen LogP contribution in [0, 0.1) is 5.41 Å². The van der Waals surface area contributed by atoms with Gasteiger partial charge in [-0.05, 0) is 27.7 Å². The summed E-state index contributed by atoms with van der Waals surface area (Å²) in [4.78, 5) is 15.3. The maximum Gasteiger partial charge on any atom is 0.320 e. The predicted molar refractivity (Wildman–Crippen MR) is 62.1 cm³/mol.